The Kier molecular flexibility index (Phi) is 3.48. The number of nitrogens with one attached hydrogen (secondary N) is 1. The van der Waals surface area contributed by atoms with Crippen LogP contribution in [-0.4, -0.2) is 31.6 Å². The second-order valence-corrected chi connectivity index (χ2v) is 3.79. The largest absolute Gasteiger partial charge is 0.369 e. The molecule has 1 heterocycles. The lowest BCUT2D eigenvalue weighted by Gasteiger charge is -2.14. The predicted octanol–water partition coefficient (Wildman–Crippen LogP) is 0.787. The highest BCUT2D eigenvalue weighted by Gasteiger charge is 2.16. The van der Waals surface area contributed by atoms with E-state index in [2.05, 4.69) is 17.4 Å². The molecule has 0 amide bonds. The fourth-order valence-corrected chi connectivity index (χ4v) is 1.70. The fourth-order valence-electron chi connectivity index (χ4n) is 1.70. The molecule has 80 valence electrons. The third kappa shape index (κ3) is 3.15. The van der Waals surface area contributed by atoms with Gasteiger partial charge < -0.3 is 10.1 Å². The Morgan fingerprint density at radius 1 is 1.33 bits per heavy atom. The van der Waals surface area contributed by atoms with Gasteiger partial charge in [0.05, 0.1) is 12.6 Å². The van der Waals surface area contributed by atoms with Gasteiger partial charge in [-0.1, -0.05) is 30.3 Å². The zero-order valence-electron chi connectivity index (χ0n) is 8.61. The number of benzene rings is 1. The van der Waals surface area contributed by atoms with E-state index in [1.807, 2.05) is 18.2 Å². The topological polar surface area (TPSA) is 38.3 Å². The molecule has 0 bridgehead atoms. The van der Waals surface area contributed by atoms with Crippen molar-refractivity contribution in [2.24, 2.45) is 0 Å². The Balaban J connectivity index is 1.92. The monoisotopic (exact) mass is 205 g/mol. The first-order valence-electron chi connectivity index (χ1n) is 5.22. The quantitative estimate of drug-likeness (QED) is 0.775. The van der Waals surface area contributed by atoms with Crippen LogP contribution >= 0.6 is 0 Å². The van der Waals surface area contributed by atoms with Crippen molar-refractivity contribution >= 4 is 5.78 Å². The number of Topliss-reactive ketones (excluding diaryl/α,β-unsaturated/α-hetero) is 1. The maximum atomic E-state index is 11.1. The molecule has 3 nitrogen and oxygen atoms in total. The van der Waals surface area contributed by atoms with Crippen LogP contribution in [0.1, 0.15) is 5.56 Å². The van der Waals surface area contributed by atoms with E-state index in [0.717, 1.165) is 13.0 Å². The van der Waals surface area contributed by atoms with Gasteiger partial charge in [-0.25, -0.2) is 0 Å². The molecule has 3 heteroatoms. The average molecular weight is 205 g/mol. The lowest BCUT2D eigenvalue weighted by molar-refractivity contribution is -0.122. The van der Waals surface area contributed by atoms with Gasteiger partial charge in [-0.3, -0.25) is 4.79 Å². The van der Waals surface area contributed by atoms with Gasteiger partial charge in [-0.2, -0.15) is 0 Å². The first kappa shape index (κ1) is 10.3. The summed E-state index contributed by atoms with van der Waals surface area (Å²) >= 11 is 0. The number of hydrogen-bond donors (Lipinski definition) is 1. The van der Waals surface area contributed by atoms with E-state index in [-0.39, 0.29) is 18.5 Å². The van der Waals surface area contributed by atoms with E-state index in [0.29, 0.717) is 6.54 Å². The van der Waals surface area contributed by atoms with Crippen molar-refractivity contribution in [2.75, 3.05) is 19.7 Å². The van der Waals surface area contributed by atoms with Crippen molar-refractivity contribution in [3.8, 4) is 0 Å². The van der Waals surface area contributed by atoms with Crippen LogP contribution in [0.4, 0.5) is 0 Å². The smallest absolute Gasteiger partial charge is 0.172 e. The molecule has 0 saturated carbocycles. The summed E-state index contributed by atoms with van der Waals surface area (Å²) in [6.07, 6.45) is 0.972. The minimum atomic E-state index is 0.110. The Bertz CT molecular complexity index is 324. The van der Waals surface area contributed by atoms with E-state index in [4.69, 9.17) is 4.74 Å². The van der Waals surface area contributed by atoms with Crippen LogP contribution in [0.5, 0.6) is 0 Å². The maximum Gasteiger partial charge on any atom is 0.172 e. The van der Waals surface area contributed by atoms with E-state index in [1.54, 1.807) is 0 Å². The summed E-state index contributed by atoms with van der Waals surface area (Å²) in [6.45, 7) is 1.43. The standard InChI is InChI=1S/C12H15NO2/c14-11-7-13-8-12(15-9-11)6-10-4-2-1-3-5-10/h1-5,12-13H,6-9H2. The van der Waals surface area contributed by atoms with Crippen molar-refractivity contribution in [2.45, 2.75) is 12.5 Å². The van der Waals surface area contributed by atoms with E-state index >= 15 is 0 Å². The van der Waals surface area contributed by atoms with Crippen LogP contribution < -0.4 is 5.32 Å². The van der Waals surface area contributed by atoms with Crippen molar-refractivity contribution in [1.29, 1.82) is 0 Å². The first-order chi connectivity index (χ1) is 7.34. The molecule has 1 unspecified atom stereocenters. The van der Waals surface area contributed by atoms with E-state index < -0.39 is 0 Å². The van der Waals surface area contributed by atoms with Crippen LogP contribution in [0.15, 0.2) is 30.3 Å². The zero-order chi connectivity index (χ0) is 10.5. The van der Waals surface area contributed by atoms with Crippen LogP contribution in [-0.2, 0) is 16.0 Å². The van der Waals surface area contributed by atoms with Gasteiger partial charge in [0.15, 0.2) is 5.78 Å². The highest BCUT2D eigenvalue weighted by molar-refractivity contribution is 5.81. The molecule has 0 spiro atoms. The van der Waals surface area contributed by atoms with Gasteiger partial charge in [0.1, 0.15) is 6.61 Å². The van der Waals surface area contributed by atoms with Gasteiger partial charge in [-0.05, 0) is 12.0 Å². The van der Waals surface area contributed by atoms with Gasteiger partial charge in [0, 0.05) is 6.54 Å². The van der Waals surface area contributed by atoms with Gasteiger partial charge in [-0.15, -0.1) is 0 Å². The van der Waals surface area contributed by atoms with E-state index in [1.165, 1.54) is 5.56 Å². The molecule has 15 heavy (non-hydrogen) atoms. The molecular weight excluding hydrogens is 190 g/mol. The van der Waals surface area contributed by atoms with Crippen LogP contribution in [0.2, 0.25) is 0 Å². The minimum absolute atomic E-state index is 0.110. The molecule has 0 radical (unpaired) electrons. The van der Waals surface area contributed by atoms with Crippen molar-refractivity contribution in [1.82, 2.24) is 5.32 Å². The van der Waals surface area contributed by atoms with Crippen LogP contribution in [0.25, 0.3) is 0 Å². The summed E-state index contributed by atoms with van der Waals surface area (Å²) in [5, 5.41) is 3.09. The van der Waals surface area contributed by atoms with Gasteiger partial charge in [0.2, 0.25) is 0 Å². The molecule has 0 aliphatic carbocycles. The van der Waals surface area contributed by atoms with E-state index in [9.17, 15) is 4.79 Å². The summed E-state index contributed by atoms with van der Waals surface area (Å²) in [7, 11) is 0. The van der Waals surface area contributed by atoms with Crippen molar-refractivity contribution in [3.05, 3.63) is 35.9 Å². The molecule has 2 rings (SSSR count). The SMILES string of the molecule is O=C1CNCC(Cc2ccccc2)OC1. The Labute approximate surface area is 89.4 Å². The number of carbonyl (C=O) groups is 1. The van der Waals surface area contributed by atoms with Crippen LogP contribution in [0.3, 0.4) is 0 Å². The number of ketones is 1. The number of carbonyl (C=O) groups excluding carboxylic acids is 1. The third-order valence-corrected chi connectivity index (χ3v) is 2.48. The molecule has 0 aromatic heterocycles. The van der Waals surface area contributed by atoms with Crippen molar-refractivity contribution < 1.29 is 9.53 Å². The second-order valence-electron chi connectivity index (χ2n) is 3.79. The maximum absolute atomic E-state index is 11.1. The highest BCUT2D eigenvalue weighted by Crippen LogP contribution is 2.06. The van der Waals surface area contributed by atoms with Crippen molar-refractivity contribution in [3.63, 3.8) is 0 Å². The minimum Gasteiger partial charge on any atom is -0.369 e. The molecule has 1 aromatic rings. The molecule has 1 N–H and O–H groups in total. The molecular formula is C12H15NO2. The number of hydrogen-bond acceptors (Lipinski definition) is 3. The summed E-state index contributed by atoms with van der Waals surface area (Å²) < 4.78 is 5.51. The summed E-state index contributed by atoms with van der Waals surface area (Å²) in [5.74, 6) is 0.130. The fraction of sp³-hybridized carbons (Fsp3) is 0.417. The number of ether oxygens (including phenoxy) is 1. The molecule has 1 saturated heterocycles. The number of rotatable bonds is 2. The summed E-state index contributed by atoms with van der Waals surface area (Å²) in [4.78, 5) is 11.1. The summed E-state index contributed by atoms with van der Waals surface area (Å²) in [6, 6.07) is 10.2. The predicted molar refractivity (Wildman–Crippen MR) is 57.8 cm³/mol. The zero-order valence-corrected chi connectivity index (χ0v) is 8.61. The van der Waals surface area contributed by atoms with Gasteiger partial charge in [0.25, 0.3) is 0 Å². The first-order valence-corrected chi connectivity index (χ1v) is 5.22. The van der Waals surface area contributed by atoms with Crippen LogP contribution in [0, 0.1) is 0 Å². The average Bonchev–Trinajstić information content (AvgIpc) is 2.46. The molecule has 1 atom stereocenters. The highest BCUT2D eigenvalue weighted by atomic mass is 16.5. The molecule has 1 aromatic carbocycles. The Morgan fingerprint density at radius 3 is 2.93 bits per heavy atom. The second kappa shape index (κ2) is 5.05. The lowest BCUT2D eigenvalue weighted by atomic mass is 10.1. The molecule has 1 aliphatic rings. The summed E-state index contributed by atoms with van der Waals surface area (Å²) in [5.41, 5.74) is 1.25. The molecule has 1 aliphatic heterocycles. The Hall–Kier alpha value is -1.19. The van der Waals surface area contributed by atoms with Gasteiger partial charge >= 0.3 is 0 Å². The normalized spacial score (nSPS) is 22.4. The third-order valence-electron chi connectivity index (χ3n) is 2.48. The lowest BCUT2D eigenvalue weighted by Crippen LogP contribution is -2.28. The molecule has 1 fully saturated rings. The Morgan fingerprint density at radius 2 is 2.13 bits per heavy atom.